The molecule has 0 fully saturated rings. The smallest absolute Gasteiger partial charge is 0.255 e. The molecule has 0 aliphatic heterocycles. The summed E-state index contributed by atoms with van der Waals surface area (Å²) in [6.07, 6.45) is 0. The molecule has 106 valence electrons. The van der Waals surface area contributed by atoms with Gasteiger partial charge < -0.3 is 10.1 Å². The lowest BCUT2D eigenvalue weighted by Crippen LogP contribution is -2.12. The highest BCUT2D eigenvalue weighted by Gasteiger charge is 2.07. The second kappa shape index (κ2) is 6.78. The van der Waals surface area contributed by atoms with Crippen molar-refractivity contribution in [2.45, 2.75) is 6.92 Å². The summed E-state index contributed by atoms with van der Waals surface area (Å²) in [6, 6.07) is 13.8. The van der Waals surface area contributed by atoms with Crippen molar-refractivity contribution in [3.8, 4) is 11.8 Å². The van der Waals surface area contributed by atoms with E-state index in [0.29, 0.717) is 22.0 Å². The molecule has 0 radical (unpaired) electrons. The minimum Gasteiger partial charge on any atom is -0.479 e. The zero-order valence-corrected chi connectivity index (χ0v) is 12.1. The molecule has 0 spiro atoms. The van der Waals surface area contributed by atoms with Gasteiger partial charge in [-0.05, 0) is 55.0 Å². The van der Waals surface area contributed by atoms with Gasteiger partial charge in [-0.3, -0.25) is 4.79 Å². The maximum atomic E-state index is 12.1. The molecule has 0 atom stereocenters. The number of benzene rings is 2. The number of halogens is 1. The SMILES string of the molecule is Cc1cc(C(=O)Nc2ccc(OCC#N)cc2)ccc1Cl. The quantitative estimate of drug-likeness (QED) is 0.934. The number of amides is 1. The molecule has 21 heavy (non-hydrogen) atoms. The lowest BCUT2D eigenvalue weighted by Gasteiger charge is -2.08. The largest absolute Gasteiger partial charge is 0.479 e. The van der Waals surface area contributed by atoms with Crippen LogP contribution >= 0.6 is 11.6 Å². The van der Waals surface area contributed by atoms with Gasteiger partial charge in [0.25, 0.3) is 5.91 Å². The van der Waals surface area contributed by atoms with Gasteiger partial charge in [0, 0.05) is 16.3 Å². The van der Waals surface area contributed by atoms with Crippen molar-refractivity contribution < 1.29 is 9.53 Å². The Bertz CT molecular complexity index is 690. The minimum absolute atomic E-state index is 0.00421. The molecule has 1 N–H and O–H groups in total. The van der Waals surface area contributed by atoms with Crippen LogP contribution in [-0.2, 0) is 0 Å². The predicted molar refractivity (Wildman–Crippen MR) is 81.7 cm³/mol. The van der Waals surface area contributed by atoms with Crippen LogP contribution in [0.1, 0.15) is 15.9 Å². The van der Waals surface area contributed by atoms with Crippen molar-refractivity contribution in [1.82, 2.24) is 0 Å². The number of nitriles is 1. The summed E-state index contributed by atoms with van der Waals surface area (Å²) >= 11 is 5.94. The Labute approximate surface area is 127 Å². The summed E-state index contributed by atoms with van der Waals surface area (Å²) in [5.41, 5.74) is 2.04. The molecule has 0 bridgehead atoms. The summed E-state index contributed by atoms with van der Waals surface area (Å²) in [5.74, 6) is 0.373. The maximum absolute atomic E-state index is 12.1. The summed E-state index contributed by atoms with van der Waals surface area (Å²) in [5, 5.41) is 11.8. The third-order valence-corrected chi connectivity index (χ3v) is 3.26. The highest BCUT2D eigenvalue weighted by atomic mass is 35.5. The van der Waals surface area contributed by atoms with Gasteiger partial charge in [0.1, 0.15) is 11.8 Å². The lowest BCUT2D eigenvalue weighted by atomic mass is 10.1. The van der Waals surface area contributed by atoms with Crippen molar-refractivity contribution in [2.75, 3.05) is 11.9 Å². The van der Waals surface area contributed by atoms with E-state index < -0.39 is 0 Å². The van der Waals surface area contributed by atoms with Crippen LogP contribution in [0.3, 0.4) is 0 Å². The van der Waals surface area contributed by atoms with Crippen molar-refractivity contribution in [1.29, 1.82) is 5.26 Å². The van der Waals surface area contributed by atoms with E-state index in [1.807, 2.05) is 13.0 Å². The summed E-state index contributed by atoms with van der Waals surface area (Å²) < 4.78 is 5.14. The van der Waals surface area contributed by atoms with E-state index >= 15 is 0 Å². The van der Waals surface area contributed by atoms with Crippen molar-refractivity contribution in [3.63, 3.8) is 0 Å². The zero-order valence-electron chi connectivity index (χ0n) is 11.4. The van der Waals surface area contributed by atoms with E-state index in [4.69, 9.17) is 21.6 Å². The summed E-state index contributed by atoms with van der Waals surface area (Å²) in [7, 11) is 0. The number of nitrogens with zero attached hydrogens (tertiary/aromatic N) is 1. The van der Waals surface area contributed by atoms with Crippen molar-refractivity contribution >= 4 is 23.2 Å². The molecule has 0 unspecified atom stereocenters. The number of ether oxygens (including phenoxy) is 1. The number of carbonyl (C=O) groups excluding carboxylic acids is 1. The average Bonchev–Trinajstić information content (AvgIpc) is 2.49. The molecular formula is C16H13ClN2O2. The van der Waals surface area contributed by atoms with E-state index in [1.54, 1.807) is 42.5 Å². The first-order chi connectivity index (χ1) is 10.1. The van der Waals surface area contributed by atoms with Crippen LogP contribution in [0.25, 0.3) is 0 Å². The molecule has 2 rings (SSSR count). The van der Waals surface area contributed by atoms with E-state index in [2.05, 4.69) is 5.32 Å². The monoisotopic (exact) mass is 300 g/mol. The summed E-state index contributed by atoms with van der Waals surface area (Å²) in [6.45, 7) is 1.84. The fourth-order valence-corrected chi connectivity index (χ4v) is 1.86. The Morgan fingerprint density at radius 3 is 2.62 bits per heavy atom. The van der Waals surface area contributed by atoms with Crippen LogP contribution in [-0.4, -0.2) is 12.5 Å². The number of rotatable bonds is 4. The fourth-order valence-electron chi connectivity index (χ4n) is 1.74. The molecule has 4 nitrogen and oxygen atoms in total. The first kappa shape index (κ1) is 14.9. The predicted octanol–water partition coefficient (Wildman–Crippen LogP) is 3.80. The van der Waals surface area contributed by atoms with E-state index in [-0.39, 0.29) is 12.5 Å². The molecular weight excluding hydrogens is 288 g/mol. The second-order valence-corrected chi connectivity index (χ2v) is 4.80. The van der Waals surface area contributed by atoms with Gasteiger partial charge in [-0.2, -0.15) is 5.26 Å². The normalized spacial score (nSPS) is 9.76. The third kappa shape index (κ3) is 3.98. The van der Waals surface area contributed by atoms with Gasteiger partial charge in [0.05, 0.1) is 0 Å². The molecule has 0 saturated carbocycles. The summed E-state index contributed by atoms with van der Waals surface area (Å²) in [4.78, 5) is 12.1. The molecule has 0 heterocycles. The topological polar surface area (TPSA) is 62.1 Å². The average molecular weight is 301 g/mol. The van der Waals surface area contributed by atoms with Crippen LogP contribution in [0.15, 0.2) is 42.5 Å². The van der Waals surface area contributed by atoms with E-state index in [9.17, 15) is 4.79 Å². The van der Waals surface area contributed by atoms with Gasteiger partial charge in [-0.1, -0.05) is 11.6 Å². The Balaban J connectivity index is 2.05. The highest BCUT2D eigenvalue weighted by Crippen LogP contribution is 2.19. The molecule has 0 saturated heterocycles. The second-order valence-electron chi connectivity index (χ2n) is 4.39. The van der Waals surface area contributed by atoms with Crippen LogP contribution in [0.5, 0.6) is 5.75 Å². The number of carbonyl (C=O) groups is 1. The Morgan fingerprint density at radius 2 is 2.00 bits per heavy atom. The Hall–Kier alpha value is -2.51. The number of hydrogen-bond donors (Lipinski definition) is 1. The van der Waals surface area contributed by atoms with E-state index in [0.717, 1.165) is 5.56 Å². The highest BCUT2D eigenvalue weighted by molar-refractivity contribution is 6.31. The van der Waals surface area contributed by atoms with Crippen molar-refractivity contribution in [3.05, 3.63) is 58.6 Å². The van der Waals surface area contributed by atoms with Gasteiger partial charge in [0.2, 0.25) is 0 Å². The molecule has 5 heteroatoms. The Morgan fingerprint density at radius 1 is 1.29 bits per heavy atom. The van der Waals surface area contributed by atoms with Crippen LogP contribution in [0.2, 0.25) is 5.02 Å². The molecule has 0 aliphatic carbocycles. The van der Waals surface area contributed by atoms with Crippen LogP contribution in [0.4, 0.5) is 5.69 Å². The number of hydrogen-bond acceptors (Lipinski definition) is 3. The van der Waals surface area contributed by atoms with Gasteiger partial charge in [-0.15, -0.1) is 0 Å². The first-order valence-electron chi connectivity index (χ1n) is 6.27. The minimum atomic E-state index is -0.208. The molecule has 0 aromatic heterocycles. The number of anilines is 1. The first-order valence-corrected chi connectivity index (χ1v) is 6.65. The maximum Gasteiger partial charge on any atom is 0.255 e. The Kier molecular flexibility index (Phi) is 4.81. The molecule has 2 aromatic rings. The van der Waals surface area contributed by atoms with Crippen LogP contribution < -0.4 is 10.1 Å². The van der Waals surface area contributed by atoms with Crippen LogP contribution in [0, 0.1) is 18.3 Å². The molecule has 0 aliphatic rings. The number of nitrogens with one attached hydrogen (secondary N) is 1. The van der Waals surface area contributed by atoms with Gasteiger partial charge in [-0.25, -0.2) is 0 Å². The fraction of sp³-hybridized carbons (Fsp3) is 0.125. The van der Waals surface area contributed by atoms with E-state index in [1.165, 1.54) is 0 Å². The number of aryl methyl sites for hydroxylation is 1. The lowest BCUT2D eigenvalue weighted by molar-refractivity contribution is 0.102. The van der Waals surface area contributed by atoms with Gasteiger partial charge in [0.15, 0.2) is 6.61 Å². The zero-order chi connectivity index (χ0) is 15.2. The van der Waals surface area contributed by atoms with Gasteiger partial charge >= 0.3 is 0 Å². The molecule has 1 amide bonds. The third-order valence-electron chi connectivity index (χ3n) is 2.84. The van der Waals surface area contributed by atoms with Crippen molar-refractivity contribution in [2.24, 2.45) is 0 Å². The molecule has 2 aromatic carbocycles. The standard InChI is InChI=1S/C16H13ClN2O2/c1-11-10-12(2-7-15(11)17)16(20)19-13-3-5-14(6-4-13)21-9-8-18/h2-7,10H,9H2,1H3,(H,19,20).